The number of aliphatic imine (C=N–C) groups is 1. The second kappa shape index (κ2) is 9.71. The van der Waals surface area contributed by atoms with E-state index < -0.39 is 0 Å². The molecule has 1 atom stereocenters. The number of benzene rings is 1. The van der Waals surface area contributed by atoms with Gasteiger partial charge in [0.15, 0.2) is 5.96 Å². The topological polar surface area (TPSA) is 45.7 Å². The van der Waals surface area contributed by atoms with Gasteiger partial charge in [-0.25, -0.2) is 4.99 Å². The first-order valence-electron chi connectivity index (χ1n) is 8.56. The van der Waals surface area contributed by atoms with Crippen molar-refractivity contribution in [1.82, 2.24) is 10.6 Å². The Bertz CT molecular complexity index is 499. The lowest BCUT2D eigenvalue weighted by Crippen LogP contribution is -2.40. The molecule has 0 aliphatic carbocycles. The minimum absolute atomic E-state index is 0.191. The standard InChI is InChI=1S/C18H29N3OS/c1-4-19-18(21-13-17-9-6-10-23-17)20-12-15-7-5-8-16(11-15)22-14(2)3/h5,7-8,11,14,17H,4,6,9-10,12-13H2,1-3H3,(H2,19,20,21). The predicted molar refractivity (Wildman–Crippen MR) is 101 cm³/mol. The Kier molecular flexibility index (Phi) is 7.59. The van der Waals surface area contributed by atoms with Crippen molar-refractivity contribution in [2.45, 2.75) is 51.5 Å². The summed E-state index contributed by atoms with van der Waals surface area (Å²) < 4.78 is 5.74. The fourth-order valence-electron chi connectivity index (χ4n) is 2.52. The molecule has 0 radical (unpaired) electrons. The molecule has 0 spiro atoms. The number of nitrogens with zero attached hydrogens (tertiary/aromatic N) is 1. The zero-order chi connectivity index (χ0) is 16.5. The van der Waals surface area contributed by atoms with E-state index in [2.05, 4.69) is 41.5 Å². The molecule has 1 saturated heterocycles. The third-order valence-electron chi connectivity index (χ3n) is 3.56. The summed E-state index contributed by atoms with van der Waals surface area (Å²) in [5.74, 6) is 3.10. The van der Waals surface area contributed by atoms with Crippen LogP contribution in [0.4, 0.5) is 0 Å². The van der Waals surface area contributed by atoms with Crippen molar-refractivity contribution in [2.24, 2.45) is 4.99 Å². The largest absolute Gasteiger partial charge is 0.491 e. The van der Waals surface area contributed by atoms with Crippen LogP contribution in [0.15, 0.2) is 29.3 Å². The van der Waals surface area contributed by atoms with Crippen LogP contribution < -0.4 is 15.4 Å². The molecule has 0 aromatic heterocycles. The van der Waals surface area contributed by atoms with Crippen molar-refractivity contribution in [1.29, 1.82) is 0 Å². The van der Waals surface area contributed by atoms with Crippen LogP contribution in [-0.2, 0) is 6.54 Å². The highest BCUT2D eigenvalue weighted by atomic mass is 32.2. The molecule has 23 heavy (non-hydrogen) atoms. The van der Waals surface area contributed by atoms with Gasteiger partial charge in [-0.15, -0.1) is 0 Å². The Balaban J connectivity index is 1.90. The van der Waals surface area contributed by atoms with Gasteiger partial charge < -0.3 is 15.4 Å². The van der Waals surface area contributed by atoms with Gasteiger partial charge >= 0.3 is 0 Å². The molecule has 0 saturated carbocycles. The maximum atomic E-state index is 5.74. The first kappa shape index (κ1) is 18.0. The molecule has 0 amide bonds. The number of thioether (sulfide) groups is 1. The van der Waals surface area contributed by atoms with Crippen LogP contribution >= 0.6 is 11.8 Å². The van der Waals surface area contributed by atoms with Crippen LogP contribution in [0, 0.1) is 0 Å². The molecular formula is C18H29N3OS. The summed E-state index contributed by atoms with van der Waals surface area (Å²) >= 11 is 2.06. The number of ether oxygens (including phenoxy) is 1. The average Bonchev–Trinajstić information content (AvgIpc) is 3.03. The quantitative estimate of drug-likeness (QED) is 0.592. The summed E-state index contributed by atoms with van der Waals surface area (Å²) in [5.41, 5.74) is 1.16. The van der Waals surface area contributed by atoms with Crippen molar-refractivity contribution in [3.63, 3.8) is 0 Å². The van der Waals surface area contributed by atoms with Gasteiger partial charge in [-0.3, -0.25) is 0 Å². The molecule has 128 valence electrons. The van der Waals surface area contributed by atoms with Crippen LogP contribution in [0.2, 0.25) is 0 Å². The van der Waals surface area contributed by atoms with E-state index in [9.17, 15) is 0 Å². The molecule has 1 aromatic carbocycles. The first-order chi connectivity index (χ1) is 11.2. The molecule has 5 heteroatoms. The van der Waals surface area contributed by atoms with E-state index in [0.29, 0.717) is 6.54 Å². The van der Waals surface area contributed by atoms with Gasteiger partial charge in [0.25, 0.3) is 0 Å². The SMILES string of the molecule is CCNC(=NCc1cccc(OC(C)C)c1)NCC1CCCS1. The van der Waals surface area contributed by atoms with Crippen molar-refractivity contribution < 1.29 is 4.74 Å². The molecule has 2 rings (SSSR count). The van der Waals surface area contributed by atoms with E-state index in [-0.39, 0.29) is 6.10 Å². The number of guanidine groups is 1. The summed E-state index contributed by atoms with van der Waals surface area (Å²) in [6.45, 7) is 8.70. The summed E-state index contributed by atoms with van der Waals surface area (Å²) in [6, 6.07) is 8.18. The minimum atomic E-state index is 0.191. The zero-order valence-electron chi connectivity index (χ0n) is 14.5. The molecule has 2 N–H and O–H groups in total. The number of rotatable bonds is 7. The van der Waals surface area contributed by atoms with E-state index in [1.165, 1.54) is 18.6 Å². The normalized spacial score (nSPS) is 18.3. The molecule has 1 heterocycles. The minimum Gasteiger partial charge on any atom is -0.491 e. The fraction of sp³-hybridized carbons (Fsp3) is 0.611. The monoisotopic (exact) mass is 335 g/mol. The maximum Gasteiger partial charge on any atom is 0.191 e. The second-order valence-electron chi connectivity index (χ2n) is 6.03. The van der Waals surface area contributed by atoms with Crippen molar-refractivity contribution in [2.75, 3.05) is 18.8 Å². The van der Waals surface area contributed by atoms with E-state index in [0.717, 1.165) is 35.6 Å². The maximum absolute atomic E-state index is 5.74. The first-order valence-corrected chi connectivity index (χ1v) is 9.61. The summed E-state index contributed by atoms with van der Waals surface area (Å²) in [7, 11) is 0. The van der Waals surface area contributed by atoms with Gasteiger partial charge in [0.2, 0.25) is 0 Å². The van der Waals surface area contributed by atoms with Crippen LogP contribution in [0.5, 0.6) is 5.75 Å². The van der Waals surface area contributed by atoms with Crippen molar-refractivity contribution in [3.05, 3.63) is 29.8 Å². The lowest BCUT2D eigenvalue weighted by atomic mass is 10.2. The Morgan fingerprint density at radius 3 is 2.96 bits per heavy atom. The zero-order valence-corrected chi connectivity index (χ0v) is 15.3. The Morgan fingerprint density at radius 1 is 1.39 bits per heavy atom. The van der Waals surface area contributed by atoms with E-state index in [1.54, 1.807) is 0 Å². The summed E-state index contributed by atoms with van der Waals surface area (Å²) in [4.78, 5) is 4.69. The van der Waals surface area contributed by atoms with Crippen LogP contribution in [0.1, 0.15) is 39.2 Å². The lowest BCUT2D eigenvalue weighted by molar-refractivity contribution is 0.242. The molecule has 1 aliphatic rings. The average molecular weight is 336 g/mol. The van der Waals surface area contributed by atoms with Gasteiger partial charge in [-0.2, -0.15) is 11.8 Å². The summed E-state index contributed by atoms with van der Waals surface area (Å²) in [6.07, 6.45) is 2.84. The number of hydrogen-bond acceptors (Lipinski definition) is 3. The highest BCUT2D eigenvalue weighted by molar-refractivity contribution is 8.00. The van der Waals surface area contributed by atoms with Gasteiger partial charge in [0, 0.05) is 18.3 Å². The molecule has 1 aromatic rings. The van der Waals surface area contributed by atoms with Crippen molar-refractivity contribution >= 4 is 17.7 Å². The third kappa shape index (κ3) is 6.73. The highest BCUT2D eigenvalue weighted by Crippen LogP contribution is 2.25. The molecule has 1 fully saturated rings. The van der Waals surface area contributed by atoms with Gasteiger partial charge in [-0.05, 0) is 57.1 Å². The fourth-order valence-corrected chi connectivity index (χ4v) is 3.72. The van der Waals surface area contributed by atoms with Crippen LogP contribution in [0.3, 0.4) is 0 Å². The van der Waals surface area contributed by atoms with Gasteiger partial charge in [-0.1, -0.05) is 12.1 Å². The number of nitrogens with one attached hydrogen (secondary N) is 2. The third-order valence-corrected chi connectivity index (χ3v) is 4.95. The van der Waals surface area contributed by atoms with Gasteiger partial charge in [0.1, 0.15) is 5.75 Å². The highest BCUT2D eigenvalue weighted by Gasteiger charge is 2.15. The Hall–Kier alpha value is -1.36. The summed E-state index contributed by atoms with van der Waals surface area (Å²) in [5, 5.41) is 7.51. The van der Waals surface area contributed by atoms with Gasteiger partial charge in [0.05, 0.1) is 12.6 Å². The van der Waals surface area contributed by atoms with E-state index in [4.69, 9.17) is 9.73 Å². The molecule has 1 aliphatic heterocycles. The predicted octanol–water partition coefficient (Wildman–Crippen LogP) is 3.42. The van der Waals surface area contributed by atoms with Crippen molar-refractivity contribution in [3.8, 4) is 5.75 Å². The number of hydrogen-bond donors (Lipinski definition) is 2. The Morgan fingerprint density at radius 2 is 2.26 bits per heavy atom. The van der Waals surface area contributed by atoms with E-state index >= 15 is 0 Å². The Labute approximate surface area is 144 Å². The molecule has 0 bridgehead atoms. The lowest BCUT2D eigenvalue weighted by Gasteiger charge is -2.14. The second-order valence-corrected chi connectivity index (χ2v) is 7.43. The molecular weight excluding hydrogens is 306 g/mol. The van der Waals surface area contributed by atoms with Crippen LogP contribution in [-0.4, -0.2) is 36.2 Å². The van der Waals surface area contributed by atoms with E-state index in [1.807, 2.05) is 26.0 Å². The smallest absolute Gasteiger partial charge is 0.191 e. The van der Waals surface area contributed by atoms with Crippen LogP contribution in [0.25, 0.3) is 0 Å². The molecule has 1 unspecified atom stereocenters. The molecule has 4 nitrogen and oxygen atoms in total.